The number of likely N-dealkylation sites (N-methyl/N-ethyl adjacent to an activating group) is 1. The van der Waals surface area contributed by atoms with Crippen molar-refractivity contribution in [2.45, 2.75) is 58.5 Å². The minimum atomic E-state index is -0.496. The van der Waals surface area contributed by atoms with Crippen LogP contribution < -0.4 is 5.73 Å². The Balaban J connectivity index is 4.38. The van der Waals surface area contributed by atoms with E-state index in [4.69, 9.17) is 5.73 Å². The van der Waals surface area contributed by atoms with E-state index >= 15 is 0 Å². The third-order valence-electron chi connectivity index (χ3n) is 2.90. The van der Waals surface area contributed by atoms with Crippen molar-refractivity contribution in [3.8, 4) is 0 Å². The third kappa shape index (κ3) is 5.82. The van der Waals surface area contributed by atoms with Gasteiger partial charge in [-0.25, -0.2) is 0 Å². The first kappa shape index (κ1) is 16.1. The molecule has 0 aromatic heterocycles. The molecule has 4 heteroatoms. The molecule has 2 N–H and O–H groups in total. The predicted octanol–water partition coefficient (Wildman–Crippen LogP) is 1.58. The summed E-state index contributed by atoms with van der Waals surface area (Å²) in [6.07, 6.45) is 4.18. The topological polar surface area (TPSA) is 63.4 Å². The van der Waals surface area contributed by atoms with Crippen LogP contribution in [0, 0.1) is 5.92 Å². The van der Waals surface area contributed by atoms with Gasteiger partial charge in [0.15, 0.2) is 0 Å². The quantitative estimate of drug-likeness (QED) is 0.657. The number of nitrogens with two attached hydrogens (primary N) is 1. The first-order valence-corrected chi connectivity index (χ1v) is 6.41. The summed E-state index contributed by atoms with van der Waals surface area (Å²) < 4.78 is 0. The molecule has 0 heterocycles. The Kier molecular flexibility index (Phi) is 7.79. The van der Waals surface area contributed by atoms with Crippen LogP contribution in [-0.4, -0.2) is 36.2 Å². The second kappa shape index (κ2) is 8.23. The summed E-state index contributed by atoms with van der Waals surface area (Å²) in [6, 6.07) is -0.829. The number of aldehydes is 1. The molecule has 0 spiro atoms. The van der Waals surface area contributed by atoms with Crippen LogP contribution in [-0.2, 0) is 9.59 Å². The summed E-state index contributed by atoms with van der Waals surface area (Å²) in [5.41, 5.74) is 5.83. The van der Waals surface area contributed by atoms with Crippen LogP contribution in [0.15, 0.2) is 0 Å². The monoisotopic (exact) mass is 242 g/mol. The van der Waals surface area contributed by atoms with Crippen molar-refractivity contribution in [3.05, 3.63) is 0 Å². The molecule has 0 aromatic carbocycles. The van der Waals surface area contributed by atoms with Gasteiger partial charge in [0.25, 0.3) is 0 Å². The van der Waals surface area contributed by atoms with Crippen molar-refractivity contribution in [2.75, 3.05) is 7.05 Å². The smallest absolute Gasteiger partial charge is 0.239 e. The van der Waals surface area contributed by atoms with Gasteiger partial charge in [0.05, 0.1) is 12.1 Å². The van der Waals surface area contributed by atoms with E-state index in [1.54, 1.807) is 7.05 Å². The highest BCUT2D eigenvalue weighted by atomic mass is 16.2. The first-order chi connectivity index (χ1) is 7.93. The van der Waals surface area contributed by atoms with Gasteiger partial charge in [-0.3, -0.25) is 4.79 Å². The van der Waals surface area contributed by atoms with Crippen LogP contribution >= 0.6 is 0 Å². The molecule has 4 nitrogen and oxygen atoms in total. The lowest BCUT2D eigenvalue weighted by Crippen LogP contribution is -2.47. The highest BCUT2D eigenvalue weighted by Crippen LogP contribution is 2.10. The maximum Gasteiger partial charge on any atom is 0.239 e. The fraction of sp³-hybridized carbons (Fsp3) is 0.846. The normalized spacial score (nSPS) is 14.5. The van der Waals surface area contributed by atoms with Crippen LogP contribution in [0.2, 0.25) is 0 Å². The van der Waals surface area contributed by atoms with Crippen molar-refractivity contribution in [1.29, 1.82) is 0 Å². The van der Waals surface area contributed by atoms with Crippen LogP contribution in [0.3, 0.4) is 0 Å². The zero-order chi connectivity index (χ0) is 13.4. The van der Waals surface area contributed by atoms with E-state index in [2.05, 4.69) is 6.92 Å². The molecular formula is C13H26N2O2. The lowest BCUT2D eigenvalue weighted by Gasteiger charge is -2.27. The van der Waals surface area contributed by atoms with E-state index in [-0.39, 0.29) is 11.9 Å². The molecule has 0 fully saturated rings. The molecular weight excluding hydrogens is 216 g/mol. The first-order valence-electron chi connectivity index (χ1n) is 6.41. The van der Waals surface area contributed by atoms with Gasteiger partial charge in [0.2, 0.25) is 5.91 Å². The summed E-state index contributed by atoms with van der Waals surface area (Å²) in [6.45, 7) is 6.12. The van der Waals surface area contributed by atoms with E-state index < -0.39 is 6.04 Å². The lowest BCUT2D eigenvalue weighted by molar-refractivity contribution is -0.136. The highest BCUT2D eigenvalue weighted by molar-refractivity contribution is 5.84. The molecule has 0 aliphatic heterocycles. The Hall–Kier alpha value is -0.900. The third-order valence-corrected chi connectivity index (χ3v) is 2.90. The molecule has 0 aliphatic carbocycles. The average molecular weight is 242 g/mol. The van der Waals surface area contributed by atoms with E-state index in [0.29, 0.717) is 12.3 Å². The van der Waals surface area contributed by atoms with Crippen LogP contribution in [0.25, 0.3) is 0 Å². The predicted molar refractivity (Wildman–Crippen MR) is 69.6 cm³/mol. The van der Waals surface area contributed by atoms with E-state index in [1.807, 2.05) is 13.8 Å². The van der Waals surface area contributed by atoms with Gasteiger partial charge in [0, 0.05) is 7.05 Å². The van der Waals surface area contributed by atoms with Crippen molar-refractivity contribution in [1.82, 2.24) is 4.90 Å². The van der Waals surface area contributed by atoms with Gasteiger partial charge in [-0.1, -0.05) is 33.6 Å². The molecule has 0 rings (SSSR count). The maximum absolute atomic E-state index is 12.0. The molecule has 0 saturated carbocycles. The SMILES string of the molecule is CCCC[C@@H](C=O)N(C)C(=O)[C@@H](N)CC(C)C. The standard InChI is InChI=1S/C13H26N2O2/c1-5-6-7-11(9-16)15(4)13(17)12(14)8-10(2)3/h9-12H,5-8,14H2,1-4H3/t11-,12-/m0/s1. The number of hydrogen-bond donors (Lipinski definition) is 1. The molecule has 0 radical (unpaired) electrons. The summed E-state index contributed by atoms with van der Waals surface area (Å²) in [4.78, 5) is 24.4. The highest BCUT2D eigenvalue weighted by Gasteiger charge is 2.24. The summed E-state index contributed by atoms with van der Waals surface area (Å²) in [7, 11) is 1.66. The molecule has 17 heavy (non-hydrogen) atoms. The van der Waals surface area contributed by atoms with Gasteiger partial charge in [0.1, 0.15) is 6.29 Å². The van der Waals surface area contributed by atoms with Gasteiger partial charge in [-0.2, -0.15) is 0 Å². The molecule has 0 aliphatic rings. The Morgan fingerprint density at radius 2 is 2.00 bits per heavy atom. The second-order valence-electron chi connectivity index (χ2n) is 5.03. The van der Waals surface area contributed by atoms with Crippen LogP contribution in [0.4, 0.5) is 0 Å². The maximum atomic E-state index is 12.0. The zero-order valence-electron chi connectivity index (χ0n) is 11.5. The zero-order valence-corrected chi connectivity index (χ0v) is 11.5. The number of rotatable bonds is 8. The number of hydrogen-bond acceptors (Lipinski definition) is 3. The van der Waals surface area contributed by atoms with Gasteiger partial charge >= 0.3 is 0 Å². The van der Waals surface area contributed by atoms with Crippen molar-refractivity contribution < 1.29 is 9.59 Å². The number of unbranched alkanes of at least 4 members (excludes halogenated alkanes) is 1. The molecule has 0 unspecified atom stereocenters. The summed E-state index contributed by atoms with van der Waals surface area (Å²) >= 11 is 0. The Morgan fingerprint density at radius 3 is 2.41 bits per heavy atom. The fourth-order valence-corrected chi connectivity index (χ4v) is 1.80. The van der Waals surface area contributed by atoms with E-state index in [1.165, 1.54) is 4.90 Å². The molecule has 0 saturated heterocycles. The number of carbonyl (C=O) groups is 2. The minimum Gasteiger partial charge on any atom is -0.335 e. The summed E-state index contributed by atoms with van der Waals surface area (Å²) in [5.74, 6) is 0.250. The van der Waals surface area contributed by atoms with Crippen molar-refractivity contribution in [3.63, 3.8) is 0 Å². The minimum absolute atomic E-state index is 0.132. The number of nitrogens with zero attached hydrogens (tertiary/aromatic N) is 1. The van der Waals surface area contributed by atoms with Gasteiger partial charge in [-0.05, 0) is 18.8 Å². The van der Waals surface area contributed by atoms with Crippen LogP contribution in [0.1, 0.15) is 46.5 Å². The lowest BCUT2D eigenvalue weighted by atomic mass is 10.0. The Morgan fingerprint density at radius 1 is 1.41 bits per heavy atom. The molecule has 1 amide bonds. The van der Waals surface area contributed by atoms with Gasteiger partial charge < -0.3 is 15.4 Å². The molecule has 0 bridgehead atoms. The Labute approximate surface area is 105 Å². The van der Waals surface area contributed by atoms with Crippen LogP contribution in [0.5, 0.6) is 0 Å². The van der Waals surface area contributed by atoms with E-state index in [0.717, 1.165) is 25.5 Å². The number of amides is 1. The van der Waals surface area contributed by atoms with Crippen molar-refractivity contribution in [2.24, 2.45) is 11.7 Å². The van der Waals surface area contributed by atoms with E-state index in [9.17, 15) is 9.59 Å². The second-order valence-corrected chi connectivity index (χ2v) is 5.03. The molecule has 100 valence electrons. The van der Waals surface area contributed by atoms with Gasteiger partial charge in [-0.15, -0.1) is 0 Å². The largest absolute Gasteiger partial charge is 0.335 e. The Bertz CT molecular complexity index is 242. The average Bonchev–Trinajstić information content (AvgIpc) is 2.27. The molecule has 0 aromatic rings. The number of carbonyl (C=O) groups excluding carboxylic acids is 2. The molecule has 2 atom stereocenters. The summed E-state index contributed by atoms with van der Waals surface area (Å²) in [5, 5.41) is 0. The fourth-order valence-electron chi connectivity index (χ4n) is 1.80. The van der Waals surface area contributed by atoms with Crippen molar-refractivity contribution >= 4 is 12.2 Å².